The molecule has 28 heavy (non-hydrogen) atoms. The lowest BCUT2D eigenvalue weighted by molar-refractivity contribution is 0.0950. The lowest BCUT2D eigenvalue weighted by Crippen LogP contribution is -2.19. The molecule has 142 valence electrons. The Balaban J connectivity index is 1.75. The smallest absolute Gasteiger partial charge is 0.291 e. The molecule has 0 aliphatic heterocycles. The number of rotatable bonds is 6. The first kappa shape index (κ1) is 19.0. The number of hydrogen-bond acceptors (Lipinski definition) is 6. The highest BCUT2D eigenvalue weighted by Crippen LogP contribution is 2.21. The van der Waals surface area contributed by atoms with Crippen LogP contribution in [-0.4, -0.2) is 36.3 Å². The van der Waals surface area contributed by atoms with Crippen LogP contribution in [0.1, 0.15) is 16.1 Å². The van der Waals surface area contributed by atoms with Gasteiger partial charge >= 0.3 is 0 Å². The monoisotopic (exact) mass is 380 g/mol. The summed E-state index contributed by atoms with van der Waals surface area (Å²) in [7, 11) is 3.08. The molecule has 1 amide bonds. The number of aromatic nitrogens is 2. The van der Waals surface area contributed by atoms with E-state index in [0.29, 0.717) is 17.1 Å². The van der Waals surface area contributed by atoms with Gasteiger partial charge in [0.15, 0.2) is 0 Å². The van der Waals surface area contributed by atoms with Gasteiger partial charge in [0.25, 0.3) is 5.91 Å². The van der Waals surface area contributed by atoms with E-state index in [-0.39, 0.29) is 17.0 Å². The Labute approximate surface area is 160 Å². The van der Waals surface area contributed by atoms with E-state index in [2.05, 4.69) is 20.5 Å². The summed E-state index contributed by atoms with van der Waals surface area (Å²) in [6.45, 7) is 0. The Morgan fingerprint density at radius 2 is 1.82 bits per heavy atom. The summed E-state index contributed by atoms with van der Waals surface area (Å²) in [6.07, 6.45) is 4.11. The number of benzene rings is 2. The molecule has 1 aromatic heterocycles. The summed E-state index contributed by atoms with van der Waals surface area (Å²) in [6, 6.07) is 11.3. The molecule has 0 aliphatic rings. The maximum Gasteiger partial charge on any atom is 0.291 e. The van der Waals surface area contributed by atoms with Gasteiger partial charge in [0.05, 0.1) is 38.5 Å². The van der Waals surface area contributed by atoms with Crippen molar-refractivity contribution < 1.29 is 18.7 Å². The van der Waals surface area contributed by atoms with Crippen LogP contribution >= 0.6 is 0 Å². The van der Waals surface area contributed by atoms with Crippen molar-refractivity contribution in [2.24, 2.45) is 5.10 Å². The van der Waals surface area contributed by atoms with Crippen LogP contribution in [-0.2, 0) is 0 Å². The highest BCUT2D eigenvalue weighted by molar-refractivity contribution is 5.93. The molecule has 2 aromatic carbocycles. The normalized spacial score (nSPS) is 10.7. The molecule has 3 aromatic rings. The number of hydrogen-bond donors (Lipinski definition) is 1. The first-order valence-corrected chi connectivity index (χ1v) is 8.24. The molecular formula is C20H17FN4O3. The van der Waals surface area contributed by atoms with Crippen LogP contribution in [0.4, 0.5) is 4.39 Å². The zero-order chi connectivity index (χ0) is 19.9. The van der Waals surface area contributed by atoms with Crippen molar-refractivity contribution >= 4 is 12.1 Å². The number of nitrogens with one attached hydrogen (secondary N) is 1. The summed E-state index contributed by atoms with van der Waals surface area (Å²) in [5.74, 6) is 0.169. The predicted octanol–water partition coefficient (Wildman–Crippen LogP) is 3.06. The Hall–Kier alpha value is -3.81. The zero-order valence-electron chi connectivity index (χ0n) is 15.2. The van der Waals surface area contributed by atoms with Crippen LogP contribution in [0.25, 0.3) is 11.3 Å². The minimum absolute atomic E-state index is 0.0149. The summed E-state index contributed by atoms with van der Waals surface area (Å²) in [5.41, 5.74) is 3.57. The first-order valence-electron chi connectivity index (χ1n) is 8.24. The zero-order valence-corrected chi connectivity index (χ0v) is 15.2. The Kier molecular flexibility index (Phi) is 5.91. The average Bonchev–Trinajstić information content (AvgIpc) is 2.73. The van der Waals surface area contributed by atoms with Crippen LogP contribution in [0.5, 0.6) is 11.5 Å². The van der Waals surface area contributed by atoms with Crippen LogP contribution < -0.4 is 14.9 Å². The highest BCUT2D eigenvalue weighted by atomic mass is 19.1. The standard InChI is InChI=1S/C20H17FN4O3/c1-27-14-7-13(8-15(9-14)28-2)10-23-25-20(26)19-12-22-11-18(24-19)16-5-3-4-6-17(16)21/h3-12H,1-2H3,(H,25,26). The molecule has 0 spiro atoms. The van der Waals surface area contributed by atoms with E-state index in [1.54, 1.807) is 50.6 Å². The molecule has 0 aliphatic carbocycles. The van der Waals surface area contributed by atoms with Gasteiger partial charge in [-0.25, -0.2) is 14.8 Å². The SMILES string of the molecule is COc1cc(C=NNC(=O)c2cncc(-c3ccccc3F)n2)cc(OC)c1. The number of carbonyl (C=O) groups excluding carboxylic acids is 1. The van der Waals surface area contributed by atoms with E-state index in [1.807, 2.05) is 0 Å². The number of nitrogens with zero attached hydrogens (tertiary/aromatic N) is 3. The maximum atomic E-state index is 13.9. The molecule has 3 rings (SSSR count). The quantitative estimate of drug-likeness (QED) is 0.525. The molecule has 1 N–H and O–H groups in total. The van der Waals surface area contributed by atoms with Crippen molar-refractivity contribution in [3.63, 3.8) is 0 Å². The van der Waals surface area contributed by atoms with Crippen molar-refractivity contribution in [1.29, 1.82) is 0 Å². The molecule has 1 heterocycles. The molecule has 0 saturated heterocycles. The summed E-state index contributed by atoms with van der Waals surface area (Å²) in [5, 5.41) is 3.91. The molecule has 8 heteroatoms. The number of amides is 1. The summed E-state index contributed by atoms with van der Waals surface area (Å²) < 4.78 is 24.3. The third-order valence-electron chi connectivity index (χ3n) is 3.77. The predicted molar refractivity (Wildman–Crippen MR) is 102 cm³/mol. The largest absolute Gasteiger partial charge is 0.497 e. The Bertz CT molecular complexity index is 1000. The van der Waals surface area contributed by atoms with Crippen LogP contribution in [0.15, 0.2) is 60.0 Å². The third kappa shape index (κ3) is 4.47. The number of methoxy groups -OCH3 is 2. The van der Waals surface area contributed by atoms with Crippen LogP contribution in [0.3, 0.4) is 0 Å². The molecule has 0 fully saturated rings. The molecule has 0 saturated carbocycles. The van der Waals surface area contributed by atoms with Crippen LogP contribution in [0, 0.1) is 5.82 Å². The van der Waals surface area contributed by atoms with E-state index in [1.165, 1.54) is 24.7 Å². The molecular weight excluding hydrogens is 363 g/mol. The number of halogens is 1. The Morgan fingerprint density at radius 3 is 2.50 bits per heavy atom. The van der Waals surface area contributed by atoms with E-state index in [0.717, 1.165) is 0 Å². The fourth-order valence-electron chi connectivity index (χ4n) is 2.40. The van der Waals surface area contributed by atoms with Gasteiger partial charge < -0.3 is 9.47 Å². The highest BCUT2D eigenvalue weighted by Gasteiger charge is 2.11. The molecule has 0 bridgehead atoms. The molecule has 7 nitrogen and oxygen atoms in total. The van der Waals surface area contributed by atoms with Crippen LogP contribution in [0.2, 0.25) is 0 Å². The average molecular weight is 380 g/mol. The van der Waals surface area contributed by atoms with Crippen molar-refractivity contribution in [1.82, 2.24) is 15.4 Å². The minimum atomic E-state index is -0.572. The van der Waals surface area contributed by atoms with Gasteiger partial charge in [-0.05, 0) is 24.3 Å². The summed E-state index contributed by atoms with van der Waals surface area (Å²) >= 11 is 0. The molecule has 0 atom stereocenters. The van der Waals surface area contributed by atoms with E-state index < -0.39 is 11.7 Å². The summed E-state index contributed by atoms with van der Waals surface area (Å²) in [4.78, 5) is 20.4. The topological polar surface area (TPSA) is 85.7 Å². The van der Waals surface area contributed by atoms with Gasteiger partial charge in [0, 0.05) is 17.2 Å². The van der Waals surface area contributed by atoms with Gasteiger partial charge in [-0.2, -0.15) is 5.10 Å². The van der Waals surface area contributed by atoms with Crippen molar-refractivity contribution in [3.8, 4) is 22.8 Å². The van der Waals surface area contributed by atoms with Crippen molar-refractivity contribution in [3.05, 3.63) is 71.9 Å². The van der Waals surface area contributed by atoms with E-state index in [4.69, 9.17) is 9.47 Å². The van der Waals surface area contributed by atoms with E-state index in [9.17, 15) is 9.18 Å². The second kappa shape index (κ2) is 8.72. The number of ether oxygens (including phenoxy) is 2. The van der Waals surface area contributed by atoms with Crippen molar-refractivity contribution in [2.45, 2.75) is 0 Å². The number of carbonyl (C=O) groups is 1. The fraction of sp³-hybridized carbons (Fsp3) is 0.100. The third-order valence-corrected chi connectivity index (χ3v) is 3.77. The van der Waals surface area contributed by atoms with Gasteiger partial charge in [-0.1, -0.05) is 12.1 Å². The number of hydrazone groups is 1. The van der Waals surface area contributed by atoms with Gasteiger partial charge in [0.1, 0.15) is 23.0 Å². The van der Waals surface area contributed by atoms with Crippen molar-refractivity contribution in [2.75, 3.05) is 14.2 Å². The Morgan fingerprint density at radius 1 is 1.11 bits per heavy atom. The lowest BCUT2D eigenvalue weighted by Gasteiger charge is -2.06. The lowest BCUT2D eigenvalue weighted by atomic mass is 10.1. The van der Waals surface area contributed by atoms with Gasteiger partial charge in [-0.15, -0.1) is 0 Å². The molecule has 0 radical (unpaired) electrons. The maximum absolute atomic E-state index is 13.9. The molecule has 0 unspecified atom stereocenters. The second-order valence-electron chi connectivity index (χ2n) is 5.61. The first-order chi connectivity index (χ1) is 13.6. The van der Waals surface area contributed by atoms with Gasteiger partial charge in [0.2, 0.25) is 0 Å². The fourth-order valence-corrected chi connectivity index (χ4v) is 2.40. The minimum Gasteiger partial charge on any atom is -0.497 e. The second-order valence-corrected chi connectivity index (χ2v) is 5.61. The van der Waals surface area contributed by atoms with Gasteiger partial charge in [-0.3, -0.25) is 9.78 Å². The van der Waals surface area contributed by atoms with E-state index >= 15 is 0 Å².